The van der Waals surface area contributed by atoms with Gasteiger partial charge in [-0.15, -0.1) is 0 Å². The lowest BCUT2D eigenvalue weighted by Gasteiger charge is -2.40. The Bertz CT molecular complexity index is 624. The van der Waals surface area contributed by atoms with Crippen LogP contribution in [-0.2, 0) is 6.42 Å². The molecule has 1 saturated heterocycles. The number of piperazine rings is 1. The van der Waals surface area contributed by atoms with Crippen LogP contribution in [0.25, 0.3) is 0 Å². The maximum absolute atomic E-state index is 6.07. The molecule has 2 aromatic rings. The summed E-state index contributed by atoms with van der Waals surface area (Å²) in [6, 6.07) is 19.3. The minimum atomic E-state index is 0.409. The molecule has 1 fully saturated rings. The summed E-state index contributed by atoms with van der Waals surface area (Å²) in [5.74, 6) is 0.950. The Morgan fingerprint density at radius 1 is 0.958 bits per heavy atom. The van der Waals surface area contributed by atoms with Gasteiger partial charge in [0, 0.05) is 38.8 Å². The third-order valence-corrected chi connectivity index (χ3v) is 4.84. The molecule has 128 valence electrons. The van der Waals surface area contributed by atoms with Gasteiger partial charge in [-0.05, 0) is 24.1 Å². The third-order valence-electron chi connectivity index (χ3n) is 4.84. The monoisotopic (exact) mass is 325 g/mol. The molecule has 0 aliphatic carbocycles. The zero-order valence-electron chi connectivity index (χ0n) is 14.4. The summed E-state index contributed by atoms with van der Waals surface area (Å²) < 4.78 is 5.50. The molecule has 24 heavy (non-hydrogen) atoms. The van der Waals surface area contributed by atoms with Crippen molar-refractivity contribution in [2.24, 2.45) is 5.73 Å². The predicted octanol–water partition coefficient (Wildman–Crippen LogP) is 2.39. The Hall–Kier alpha value is -2.04. The van der Waals surface area contributed by atoms with Gasteiger partial charge in [0.1, 0.15) is 5.75 Å². The largest absolute Gasteiger partial charge is 0.495 e. The highest BCUT2D eigenvalue weighted by atomic mass is 16.5. The van der Waals surface area contributed by atoms with Gasteiger partial charge in [0.15, 0.2) is 0 Å². The summed E-state index contributed by atoms with van der Waals surface area (Å²) in [4.78, 5) is 4.93. The first kappa shape index (κ1) is 16.8. The number of rotatable bonds is 6. The number of nitrogens with two attached hydrogens (primary N) is 1. The van der Waals surface area contributed by atoms with Gasteiger partial charge < -0.3 is 15.4 Å². The first-order chi connectivity index (χ1) is 11.8. The van der Waals surface area contributed by atoms with Gasteiger partial charge in [-0.2, -0.15) is 0 Å². The van der Waals surface area contributed by atoms with Crippen LogP contribution >= 0.6 is 0 Å². The summed E-state index contributed by atoms with van der Waals surface area (Å²) in [5.41, 5.74) is 8.62. The van der Waals surface area contributed by atoms with E-state index in [0.29, 0.717) is 12.6 Å². The van der Waals surface area contributed by atoms with Gasteiger partial charge in [-0.1, -0.05) is 42.5 Å². The van der Waals surface area contributed by atoms with Crippen LogP contribution in [-0.4, -0.2) is 50.8 Å². The molecule has 2 N–H and O–H groups in total. The Labute approximate surface area is 144 Å². The highest BCUT2D eigenvalue weighted by Crippen LogP contribution is 2.28. The molecule has 0 bridgehead atoms. The average molecular weight is 325 g/mol. The second-order valence-corrected chi connectivity index (χ2v) is 6.27. The predicted molar refractivity (Wildman–Crippen MR) is 99.8 cm³/mol. The minimum Gasteiger partial charge on any atom is -0.495 e. The third kappa shape index (κ3) is 3.89. The molecule has 3 rings (SSSR count). The van der Waals surface area contributed by atoms with Crippen molar-refractivity contribution >= 4 is 5.69 Å². The second-order valence-electron chi connectivity index (χ2n) is 6.27. The molecule has 0 spiro atoms. The van der Waals surface area contributed by atoms with Crippen molar-refractivity contribution in [3.05, 3.63) is 60.2 Å². The molecule has 0 radical (unpaired) electrons. The van der Waals surface area contributed by atoms with Crippen LogP contribution in [0.1, 0.15) is 5.56 Å². The summed E-state index contributed by atoms with van der Waals surface area (Å²) >= 11 is 0. The lowest BCUT2D eigenvalue weighted by atomic mass is 10.0. The Balaban J connectivity index is 1.61. The standard InChI is InChI=1S/C20H27N3O/c1-24-20-10-6-5-9-19(20)23-13-11-22(12-14-23)18(16-21)15-17-7-3-2-4-8-17/h2-10,18H,11-16,21H2,1H3/t18-/m0/s1. The Morgan fingerprint density at radius 3 is 2.29 bits per heavy atom. The summed E-state index contributed by atoms with van der Waals surface area (Å²) in [6.45, 7) is 4.78. The van der Waals surface area contributed by atoms with E-state index in [1.54, 1.807) is 7.11 Å². The normalized spacial score (nSPS) is 16.8. The molecule has 1 heterocycles. The van der Waals surface area contributed by atoms with Crippen molar-refractivity contribution in [1.82, 2.24) is 4.90 Å². The van der Waals surface area contributed by atoms with E-state index in [1.165, 1.54) is 11.3 Å². The van der Waals surface area contributed by atoms with Crippen LogP contribution in [0.2, 0.25) is 0 Å². The maximum Gasteiger partial charge on any atom is 0.142 e. The SMILES string of the molecule is COc1ccccc1N1CCN([C@H](CN)Cc2ccccc2)CC1. The highest BCUT2D eigenvalue weighted by Gasteiger charge is 2.24. The summed E-state index contributed by atoms with van der Waals surface area (Å²) in [5, 5.41) is 0. The van der Waals surface area contributed by atoms with Crippen LogP contribution < -0.4 is 15.4 Å². The lowest BCUT2D eigenvalue weighted by Crippen LogP contribution is -2.53. The zero-order chi connectivity index (χ0) is 16.8. The molecule has 1 atom stereocenters. The molecule has 0 saturated carbocycles. The molecule has 1 aliphatic rings. The fourth-order valence-electron chi connectivity index (χ4n) is 3.47. The molecule has 0 aromatic heterocycles. The van der Waals surface area contributed by atoms with Gasteiger partial charge in [0.25, 0.3) is 0 Å². The molecule has 4 nitrogen and oxygen atoms in total. The number of hydrogen-bond donors (Lipinski definition) is 1. The number of hydrogen-bond acceptors (Lipinski definition) is 4. The Morgan fingerprint density at radius 2 is 1.62 bits per heavy atom. The van der Waals surface area contributed by atoms with Crippen LogP contribution in [0, 0.1) is 0 Å². The second kappa shape index (κ2) is 8.18. The molecular formula is C20H27N3O. The number of methoxy groups -OCH3 is 1. The van der Waals surface area contributed by atoms with Crippen molar-refractivity contribution in [2.75, 3.05) is 44.7 Å². The lowest BCUT2D eigenvalue weighted by molar-refractivity contribution is 0.187. The first-order valence-electron chi connectivity index (χ1n) is 8.68. The van der Waals surface area contributed by atoms with E-state index in [1.807, 2.05) is 12.1 Å². The van der Waals surface area contributed by atoms with Gasteiger partial charge in [0.05, 0.1) is 12.8 Å². The molecule has 0 amide bonds. The van der Waals surface area contributed by atoms with E-state index in [0.717, 1.165) is 38.3 Å². The molecule has 2 aromatic carbocycles. The van der Waals surface area contributed by atoms with Crippen molar-refractivity contribution in [3.63, 3.8) is 0 Å². The smallest absolute Gasteiger partial charge is 0.142 e. The zero-order valence-corrected chi connectivity index (χ0v) is 14.4. The van der Waals surface area contributed by atoms with E-state index in [9.17, 15) is 0 Å². The fraction of sp³-hybridized carbons (Fsp3) is 0.400. The van der Waals surface area contributed by atoms with Crippen LogP contribution in [0.5, 0.6) is 5.75 Å². The van der Waals surface area contributed by atoms with E-state index in [-0.39, 0.29) is 0 Å². The summed E-state index contributed by atoms with van der Waals surface area (Å²) in [6.07, 6.45) is 1.02. The molecule has 0 unspecified atom stereocenters. The van der Waals surface area contributed by atoms with Crippen LogP contribution in [0.15, 0.2) is 54.6 Å². The van der Waals surface area contributed by atoms with E-state index in [4.69, 9.17) is 10.5 Å². The van der Waals surface area contributed by atoms with Gasteiger partial charge in [0.2, 0.25) is 0 Å². The van der Waals surface area contributed by atoms with Crippen molar-refractivity contribution in [1.29, 1.82) is 0 Å². The Kier molecular flexibility index (Phi) is 5.72. The molecule has 4 heteroatoms. The number of para-hydroxylation sites is 2. The van der Waals surface area contributed by atoms with Gasteiger partial charge >= 0.3 is 0 Å². The van der Waals surface area contributed by atoms with Gasteiger partial charge in [-0.3, -0.25) is 4.90 Å². The molecule has 1 aliphatic heterocycles. The van der Waals surface area contributed by atoms with Crippen LogP contribution in [0.4, 0.5) is 5.69 Å². The molecular weight excluding hydrogens is 298 g/mol. The number of ether oxygens (including phenoxy) is 1. The van der Waals surface area contributed by atoms with Crippen molar-refractivity contribution in [2.45, 2.75) is 12.5 Å². The van der Waals surface area contributed by atoms with E-state index < -0.39 is 0 Å². The first-order valence-corrected chi connectivity index (χ1v) is 8.68. The van der Waals surface area contributed by atoms with Crippen molar-refractivity contribution < 1.29 is 4.74 Å². The van der Waals surface area contributed by atoms with Crippen LogP contribution in [0.3, 0.4) is 0 Å². The van der Waals surface area contributed by atoms with Gasteiger partial charge in [-0.25, -0.2) is 0 Å². The minimum absolute atomic E-state index is 0.409. The van der Waals surface area contributed by atoms with E-state index >= 15 is 0 Å². The average Bonchev–Trinajstić information content (AvgIpc) is 2.67. The van der Waals surface area contributed by atoms with Crippen molar-refractivity contribution in [3.8, 4) is 5.75 Å². The number of benzene rings is 2. The fourth-order valence-corrected chi connectivity index (χ4v) is 3.47. The summed E-state index contributed by atoms with van der Waals surface area (Å²) in [7, 11) is 1.74. The highest BCUT2D eigenvalue weighted by molar-refractivity contribution is 5.58. The maximum atomic E-state index is 6.07. The quantitative estimate of drug-likeness (QED) is 0.885. The topological polar surface area (TPSA) is 41.7 Å². The number of nitrogens with zero attached hydrogens (tertiary/aromatic N) is 2. The number of anilines is 1. The van der Waals surface area contributed by atoms with E-state index in [2.05, 4.69) is 52.3 Å².